The summed E-state index contributed by atoms with van der Waals surface area (Å²) in [4.78, 5) is 16.8. The van der Waals surface area contributed by atoms with Crippen LogP contribution in [-0.2, 0) is 5.41 Å². The fourth-order valence-corrected chi connectivity index (χ4v) is 1.62. The van der Waals surface area contributed by atoms with Gasteiger partial charge in [-0.2, -0.15) is 0 Å². The number of nitrogens with zero attached hydrogens (tertiary/aromatic N) is 1. The van der Waals surface area contributed by atoms with Crippen molar-refractivity contribution in [2.45, 2.75) is 47.0 Å². The van der Waals surface area contributed by atoms with Crippen molar-refractivity contribution in [1.82, 2.24) is 10.3 Å². The predicted molar refractivity (Wildman–Crippen MR) is 84.3 cm³/mol. The van der Waals surface area contributed by atoms with Crippen LogP contribution in [-0.4, -0.2) is 24.5 Å². The van der Waals surface area contributed by atoms with E-state index in [-0.39, 0.29) is 16.7 Å². The standard InChI is InChI=1S/C16H27N3O/c1-15(2,3)10-18-14(20)11-8-12(16(4,5)6)19-13(9-11)17-7/h8-9H,10H2,1-7H3,(H,17,19)(H,18,20). The van der Waals surface area contributed by atoms with Crippen LogP contribution in [0.1, 0.15) is 57.6 Å². The summed E-state index contributed by atoms with van der Waals surface area (Å²) in [5.74, 6) is 0.669. The number of aromatic nitrogens is 1. The first-order valence-electron chi connectivity index (χ1n) is 7.01. The molecule has 0 radical (unpaired) electrons. The van der Waals surface area contributed by atoms with Crippen molar-refractivity contribution in [2.75, 3.05) is 18.9 Å². The molecule has 112 valence electrons. The van der Waals surface area contributed by atoms with Crippen LogP contribution >= 0.6 is 0 Å². The first-order valence-corrected chi connectivity index (χ1v) is 7.01. The van der Waals surface area contributed by atoms with Crippen LogP contribution in [0.5, 0.6) is 0 Å². The first kappa shape index (κ1) is 16.5. The molecule has 0 spiro atoms. The van der Waals surface area contributed by atoms with E-state index in [9.17, 15) is 4.79 Å². The Hall–Kier alpha value is -1.58. The van der Waals surface area contributed by atoms with Crippen LogP contribution in [0.3, 0.4) is 0 Å². The Bertz CT molecular complexity index is 481. The lowest BCUT2D eigenvalue weighted by Crippen LogP contribution is -2.32. The number of pyridine rings is 1. The van der Waals surface area contributed by atoms with Crippen LogP contribution in [0.25, 0.3) is 0 Å². The van der Waals surface area contributed by atoms with Gasteiger partial charge in [-0.15, -0.1) is 0 Å². The molecule has 1 heterocycles. The predicted octanol–water partition coefficient (Wildman–Crippen LogP) is 3.20. The minimum absolute atomic E-state index is 0.0516. The largest absolute Gasteiger partial charge is 0.373 e. The van der Waals surface area contributed by atoms with Gasteiger partial charge in [-0.1, -0.05) is 41.5 Å². The maximum atomic E-state index is 12.3. The molecule has 0 atom stereocenters. The second-order valence-electron chi connectivity index (χ2n) is 7.37. The van der Waals surface area contributed by atoms with Crippen molar-refractivity contribution in [3.8, 4) is 0 Å². The van der Waals surface area contributed by atoms with E-state index < -0.39 is 0 Å². The van der Waals surface area contributed by atoms with Gasteiger partial charge in [0.05, 0.1) is 0 Å². The van der Waals surface area contributed by atoms with Crippen molar-refractivity contribution < 1.29 is 4.79 Å². The highest BCUT2D eigenvalue weighted by Gasteiger charge is 2.20. The van der Waals surface area contributed by atoms with Gasteiger partial charge in [-0.3, -0.25) is 4.79 Å². The van der Waals surface area contributed by atoms with E-state index in [1.807, 2.05) is 13.1 Å². The molecular weight excluding hydrogens is 250 g/mol. The minimum atomic E-state index is -0.0914. The molecule has 1 aromatic rings. The Kier molecular flexibility index (Phi) is 4.79. The molecule has 0 aliphatic carbocycles. The van der Waals surface area contributed by atoms with E-state index in [1.165, 1.54) is 0 Å². The maximum absolute atomic E-state index is 12.3. The number of carbonyl (C=O) groups excluding carboxylic acids is 1. The SMILES string of the molecule is CNc1cc(C(=O)NCC(C)(C)C)cc(C(C)(C)C)n1. The van der Waals surface area contributed by atoms with Gasteiger partial charge >= 0.3 is 0 Å². The molecule has 2 N–H and O–H groups in total. The molecule has 1 rings (SSSR count). The number of amides is 1. The van der Waals surface area contributed by atoms with Gasteiger partial charge in [-0.05, 0) is 17.5 Å². The number of hydrogen-bond acceptors (Lipinski definition) is 3. The fourth-order valence-electron chi connectivity index (χ4n) is 1.62. The zero-order chi connectivity index (χ0) is 15.6. The van der Waals surface area contributed by atoms with Gasteiger partial charge in [0.1, 0.15) is 5.82 Å². The molecule has 0 unspecified atom stereocenters. The Labute approximate surface area is 122 Å². The minimum Gasteiger partial charge on any atom is -0.373 e. The highest BCUT2D eigenvalue weighted by atomic mass is 16.1. The van der Waals surface area contributed by atoms with E-state index in [1.54, 1.807) is 6.07 Å². The summed E-state index contributed by atoms with van der Waals surface area (Å²) in [6, 6.07) is 3.66. The molecule has 4 heteroatoms. The molecule has 4 nitrogen and oxygen atoms in total. The average Bonchev–Trinajstić information content (AvgIpc) is 2.33. The Balaban J connectivity index is 3.02. The van der Waals surface area contributed by atoms with E-state index in [0.717, 1.165) is 11.5 Å². The zero-order valence-electron chi connectivity index (χ0n) is 13.7. The van der Waals surface area contributed by atoms with Gasteiger partial charge in [0, 0.05) is 30.3 Å². The molecule has 0 bridgehead atoms. The van der Waals surface area contributed by atoms with Gasteiger partial charge < -0.3 is 10.6 Å². The summed E-state index contributed by atoms with van der Waals surface area (Å²) in [6.45, 7) is 13.2. The highest BCUT2D eigenvalue weighted by molar-refractivity contribution is 5.95. The second kappa shape index (κ2) is 5.81. The van der Waals surface area contributed by atoms with Gasteiger partial charge in [0.15, 0.2) is 0 Å². The van der Waals surface area contributed by atoms with E-state index in [2.05, 4.69) is 57.2 Å². The summed E-state index contributed by atoms with van der Waals surface area (Å²) in [6.07, 6.45) is 0. The van der Waals surface area contributed by atoms with E-state index in [4.69, 9.17) is 0 Å². The third-order valence-electron chi connectivity index (χ3n) is 2.89. The van der Waals surface area contributed by atoms with Crippen molar-refractivity contribution in [3.63, 3.8) is 0 Å². The quantitative estimate of drug-likeness (QED) is 0.892. The smallest absolute Gasteiger partial charge is 0.251 e. The molecule has 20 heavy (non-hydrogen) atoms. The van der Waals surface area contributed by atoms with Crippen LogP contribution in [0.15, 0.2) is 12.1 Å². The summed E-state index contributed by atoms with van der Waals surface area (Å²) < 4.78 is 0. The Morgan fingerprint density at radius 1 is 1.15 bits per heavy atom. The van der Waals surface area contributed by atoms with Crippen LogP contribution in [0, 0.1) is 5.41 Å². The molecule has 0 aliphatic heterocycles. The van der Waals surface area contributed by atoms with Crippen molar-refractivity contribution in [3.05, 3.63) is 23.4 Å². The van der Waals surface area contributed by atoms with E-state index in [0.29, 0.717) is 12.1 Å². The Morgan fingerprint density at radius 2 is 1.75 bits per heavy atom. The van der Waals surface area contributed by atoms with Gasteiger partial charge in [0.25, 0.3) is 5.91 Å². The summed E-state index contributed by atoms with van der Waals surface area (Å²) in [5, 5.41) is 5.99. The van der Waals surface area contributed by atoms with E-state index >= 15 is 0 Å². The molecule has 1 aromatic heterocycles. The lowest BCUT2D eigenvalue weighted by Gasteiger charge is -2.21. The first-order chi connectivity index (χ1) is 9.03. The number of carbonyl (C=O) groups is 1. The molecule has 1 amide bonds. The van der Waals surface area contributed by atoms with Crippen molar-refractivity contribution in [2.24, 2.45) is 5.41 Å². The van der Waals surface area contributed by atoms with Crippen molar-refractivity contribution in [1.29, 1.82) is 0 Å². The van der Waals surface area contributed by atoms with Crippen LogP contribution in [0.2, 0.25) is 0 Å². The lowest BCUT2D eigenvalue weighted by atomic mass is 9.90. The van der Waals surface area contributed by atoms with Crippen molar-refractivity contribution >= 4 is 11.7 Å². The molecule has 0 saturated carbocycles. The molecule has 0 fully saturated rings. The lowest BCUT2D eigenvalue weighted by molar-refractivity contribution is 0.0939. The van der Waals surface area contributed by atoms with Gasteiger partial charge in [-0.25, -0.2) is 4.98 Å². The summed E-state index contributed by atoms with van der Waals surface area (Å²) in [7, 11) is 1.81. The zero-order valence-corrected chi connectivity index (χ0v) is 13.7. The Morgan fingerprint density at radius 3 is 2.20 bits per heavy atom. The monoisotopic (exact) mass is 277 g/mol. The topological polar surface area (TPSA) is 54.0 Å². The molecular formula is C16H27N3O. The normalized spacial score (nSPS) is 12.2. The fraction of sp³-hybridized carbons (Fsp3) is 0.625. The molecule has 0 aliphatic rings. The number of hydrogen-bond donors (Lipinski definition) is 2. The molecule has 0 aromatic carbocycles. The van der Waals surface area contributed by atoms with Crippen LogP contribution < -0.4 is 10.6 Å². The molecule has 0 saturated heterocycles. The third kappa shape index (κ3) is 4.83. The number of rotatable bonds is 3. The number of nitrogens with one attached hydrogen (secondary N) is 2. The summed E-state index contributed by atoms with van der Waals surface area (Å²) >= 11 is 0. The maximum Gasteiger partial charge on any atom is 0.251 e. The third-order valence-corrected chi connectivity index (χ3v) is 2.89. The van der Waals surface area contributed by atoms with Crippen LogP contribution in [0.4, 0.5) is 5.82 Å². The number of anilines is 1. The summed E-state index contributed by atoms with van der Waals surface area (Å²) in [5.41, 5.74) is 1.54. The highest BCUT2D eigenvalue weighted by Crippen LogP contribution is 2.23. The second-order valence-corrected chi connectivity index (χ2v) is 7.37. The average molecular weight is 277 g/mol. The van der Waals surface area contributed by atoms with Gasteiger partial charge in [0.2, 0.25) is 0 Å².